The fourth-order valence-corrected chi connectivity index (χ4v) is 5.96. The Morgan fingerprint density at radius 2 is 0.943 bits per heavy atom. The van der Waals surface area contributed by atoms with Gasteiger partial charge in [-0.2, -0.15) is 0 Å². The van der Waals surface area contributed by atoms with Crippen LogP contribution in [0.2, 0.25) is 0 Å². The molecule has 1 nitrogen and oxygen atoms in total. The third kappa shape index (κ3) is 3.31. The molecule has 0 saturated heterocycles. The minimum atomic E-state index is -0.227. The van der Waals surface area contributed by atoms with Crippen LogP contribution in [0.5, 0.6) is 0 Å². The van der Waals surface area contributed by atoms with E-state index in [-0.39, 0.29) is 5.41 Å². The van der Waals surface area contributed by atoms with Crippen LogP contribution in [0.25, 0.3) is 11.1 Å². The molecule has 1 aliphatic heterocycles. The summed E-state index contributed by atoms with van der Waals surface area (Å²) in [6.45, 7) is 4.70. The third-order valence-corrected chi connectivity index (χ3v) is 7.47. The number of anilines is 3. The maximum Gasteiger partial charge on any atom is 0.0515 e. The molecule has 0 amide bonds. The van der Waals surface area contributed by atoms with Crippen molar-refractivity contribution in [3.05, 3.63) is 150 Å². The molecule has 35 heavy (non-hydrogen) atoms. The average molecular weight is 452 g/mol. The van der Waals surface area contributed by atoms with E-state index < -0.39 is 0 Å². The van der Waals surface area contributed by atoms with Crippen molar-refractivity contribution in [3.63, 3.8) is 0 Å². The maximum absolute atomic E-state index is 2.43. The first-order chi connectivity index (χ1) is 17.2. The first kappa shape index (κ1) is 21.4. The Hall–Kier alpha value is -4.10. The Morgan fingerprint density at radius 1 is 0.486 bits per heavy atom. The van der Waals surface area contributed by atoms with Crippen LogP contribution in [0.3, 0.4) is 0 Å². The van der Waals surface area contributed by atoms with Gasteiger partial charge < -0.3 is 4.90 Å². The molecule has 170 valence electrons. The lowest BCUT2D eigenvalue weighted by Gasteiger charge is -2.48. The Kier molecular flexibility index (Phi) is 5.26. The van der Waals surface area contributed by atoms with E-state index in [1.54, 1.807) is 0 Å². The lowest BCUT2D eigenvalue weighted by atomic mass is 9.60. The van der Waals surface area contributed by atoms with E-state index in [9.17, 15) is 0 Å². The highest BCUT2D eigenvalue weighted by Crippen LogP contribution is 2.57. The Morgan fingerprint density at radius 3 is 1.49 bits per heavy atom. The number of benzene rings is 5. The SMILES string of the molecule is CC(C)C1(c2ccccc2)c2ccccc2N(c2ccc(-c3ccccc3)cc2)c2ccccc21. The van der Waals surface area contributed by atoms with Gasteiger partial charge in [-0.25, -0.2) is 0 Å². The molecule has 0 spiro atoms. The van der Waals surface area contributed by atoms with Crippen molar-refractivity contribution in [3.8, 4) is 11.1 Å². The van der Waals surface area contributed by atoms with Crippen molar-refractivity contribution < 1.29 is 0 Å². The van der Waals surface area contributed by atoms with E-state index in [2.05, 4.69) is 152 Å². The zero-order chi connectivity index (χ0) is 23.8. The van der Waals surface area contributed by atoms with Crippen molar-refractivity contribution in [2.45, 2.75) is 19.3 Å². The summed E-state index contributed by atoms with van der Waals surface area (Å²) in [6.07, 6.45) is 0. The lowest BCUT2D eigenvalue weighted by molar-refractivity contribution is 0.435. The van der Waals surface area contributed by atoms with E-state index in [1.165, 1.54) is 44.9 Å². The van der Waals surface area contributed by atoms with E-state index in [1.807, 2.05) is 0 Å². The summed E-state index contributed by atoms with van der Waals surface area (Å²) in [5.41, 5.74) is 9.96. The molecule has 1 aliphatic rings. The fraction of sp³-hybridized carbons (Fsp3) is 0.118. The normalized spacial score (nSPS) is 13.9. The van der Waals surface area contributed by atoms with Gasteiger partial charge in [-0.15, -0.1) is 0 Å². The summed E-state index contributed by atoms with van der Waals surface area (Å²) in [5.74, 6) is 0.370. The molecule has 0 radical (unpaired) electrons. The first-order valence-corrected chi connectivity index (χ1v) is 12.4. The zero-order valence-corrected chi connectivity index (χ0v) is 20.2. The zero-order valence-electron chi connectivity index (χ0n) is 20.2. The lowest BCUT2D eigenvalue weighted by Crippen LogP contribution is -2.40. The van der Waals surface area contributed by atoms with Gasteiger partial charge in [0.15, 0.2) is 0 Å². The second-order valence-electron chi connectivity index (χ2n) is 9.61. The van der Waals surface area contributed by atoms with Crippen LogP contribution in [0.4, 0.5) is 17.1 Å². The van der Waals surface area contributed by atoms with Gasteiger partial charge in [0.25, 0.3) is 0 Å². The molecule has 1 heteroatoms. The number of hydrogen-bond acceptors (Lipinski definition) is 1. The predicted octanol–water partition coefficient (Wildman–Crippen LogP) is 9.13. The summed E-state index contributed by atoms with van der Waals surface area (Å²) in [5, 5.41) is 0. The number of rotatable bonds is 4. The molecule has 5 aromatic rings. The summed E-state index contributed by atoms with van der Waals surface area (Å²) in [6, 6.07) is 48.5. The van der Waals surface area contributed by atoms with Crippen molar-refractivity contribution in [2.24, 2.45) is 5.92 Å². The molecule has 1 heterocycles. The molecule has 6 rings (SSSR count). The predicted molar refractivity (Wildman–Crippen MR) is 148 cm³/mol. The molecule has 5 aromatic carbocycles. The van der Waals surface area contributed by atoms with Crippen molar-refractivity contribution in [1.29, 1.82) is 0 Å². The minimum absolute atomic E-state index is 0.227. The van der Waals surface area contributed by atoms with Gasteiger partial charge in [0.2, 0.25) is 0 Å². The van der Waals surface area contributed by atoms with Crippen LogP contribution in [0.15, 0.2) is 133 Å². The Labute approximate surface area is 208 Å². The van der Waals surface area contributed by atoms with E-state index in [0.29, 0.717) is 5.92 Å². The molecule has 0 unspecified atom stereocenters. The topological polar surface area (TPSA) is 3.24 Å². The monoisotopic (exact) mass is 451 g/mol. The number of para-hydroxylation sites is 2. The average Bonchev–Trinajstić information content (AvgIpc) is 2.92. The number of hydrogen-bond donors (Lipinski definition) is 0. The molecule has 0 N–H and O–H groups in total. The maximum atomic E-state index is 2.43. The Bertz CT molecular complexity index is 1400. The van der Waals surface area contributed by atoms with Crippen molar-refractivity contribution in [1.82, 2.24) is 0 Å². The van der Waals surface area contributed by atoms with E-state index in [4.69, 9.17) is 0 Å². The smallest absolute Gasteiger partial charge is 0.0515 e. The van der Waals surface area contributed by atoms with Crippen LogP contribution in [-0.2, 0) is 5.41 Å². The van der Waals surface area contributed by atoms with Crippen molar-refractivity contribution in [2.75, 3.05) is 4.90 Å². The quantitative estimate of drug-likeness (QED) is 0.263. The van der Waals surface area contributed by atoms with Crippen LogP contribution < -0.4 is 4.90 Å². The highest BCUT2D eigenvalue weighted by atomic mass is 15.2. The molecule has 0 fully saturated rings. The second kappa shape index (κ2) is 8.60. The molecular formula is C34H29N. The van der Waals surface area contributed by atoms with Gasteiger partial charge >= 0.3 is 0 Å². The largest absolute Gasteiger partial charge is 0.310 e. The van der Waals surface area contributed by atoms with Crippen LogP contribution in [0, 0.1) is 5.92 Å². The first-order valence-electron chi connectivity index (χ1n) is 12.4. The fourth-order valence-electron chi connectivity index (χ4n) is 5.96. The highest BCUT2D eigenvalue weighted by molar-refractivity contribution is 5.88. The third-order valence-electron chi connectivity index (χ3n) is 7.47. The summed E-state index contributed by atoms with van der Waals surface area (Å²) in [7, 11) is 0. The molecule has 0 aromatic heterocycles. The van der Waals surface area contributed by atoms with E-state index in [0.717, 1.165) is 0 Å². The molecule has 0 bridgehead atoms. The second-order valence-corrected chi connectivity index (χ2v) is 9.61. The summed E-state index contributed by atoms with van der Waals surface area (Å²) >= 11 is 0. The summed E-state index contributed by atoms with van der Waals surface area (Å²) in [4.78, 5) is 2.43. The summed E-state index contributed by atoms with van der Waals surface area (Å²) < 4.78 is 0. The van der Waals surface area contributed by atoms with Crippen LogP contribution in [-0.4, -0.2) is 0 Å². The molecule has 0 saturated carbocycles. The van der Waals surface area contributed by atoms with Gasteiger partial charge in [-0.05, 0) is 58.0 Å². The molecule has 0 atom stereocenters. The Balaban J connectivity index is 1.59. The molecular weight excluding hydrogens is 422 g/mol. The molecule has 0 aliphatic carbocycles. The van der Waals surface area contributed by atoms with E-state index >= 15 is 0 Å². The van der Waals surface area contributed by atoms with Crippen molar-refractivity contribution >= 4 is 17.1 Å². The highest BCUT2D eigenvalue weighted by Gasteiger charge is 2.46. The minimum Gasteiger partial charge on any atom is -0.310 e. The van der Waals surface area contributed by atoms with Crippen LogP contribution >= 0.6 is 0 Å². The van der Waals surface area contributed by atoms with Crippen LogP contribution in [0.1, 0.15) is 30.5 Å². The van der Waals surface area contributed by atoms with Gasteiger partial charge in [-0.3, -0.25) is 0 Å². The number of fused-ring (bicyclic) bond motifs is 2. The van der Waals surface area contributed by atoms with Gasteiger partial charge in [-0.1, -0.05) is 123 Å². The van der Waals surface area contributed by atoms with Gasteiger partial charge in [0.05, 0.1) is 16.8 Å². The standard InChI is InChI=1S/C34H29N/c1-25(2)34(28-15-7-4-8-16-28)30-17-9-11-19-32(30)35(33-20-12-10-18-31(33)34)29-23-21-27(22-24-29)26-13-5-3-6-14-26/h3-25H,1-2H3. The number of nitrogens with zero attached hydrogens (tertiary/aromatic N) is 1. The van der Waals surface area contributed by atoms with Gasteiger partial charge in [0.1, 0.15) is 0 Å². The van der Waals surface area contributed by atoms with Gasteiger partial charge in [0, 0.05) is 5.69 Å².